The number of amides is 1. The molecule has 1 fully saturated rings. The van der Waals surface area contributed by atoms with Gasteiger partial charge in [-0.05, 0) is 45.0 Å². The van der Waals surface area contributed by atoms with Crippen molar-refractivity contribution in [2.24, 2.45) is 0 Å². The second-order valence-electron chi connectivity index (χ2n) is 5.11. The fourth-order valence-corrected chi connectivity index (χ4v) is 2.25. The number of piperidine rings is 1. The lowest BCUT2D eigenvalue weighted by Gasteiger charge is -2.35. The minimum Gasteiger partial charge on any atom is -0.497 e. The molecule has 0 atom stereocenters. The highest BCUT2D eigenvalue weighted by molar-refractivity contribution is 5.95. The molecule has 0 aromatic heterocycles. The van der Waals surface area contributed by atoms with Crippen molar-refractivity contribution in [3.63, 3.8) is 0 Å². The van der Waals surface area contributed by atoms with Crippen LogP contribution >= 0.6 is 12.4 Å². The fraction of sp³-hybridized carbons (Fsp3) is 0.500. The highest BCUT2D eigenvalue weighted by Gasteiger charge is 2.29. The first-order chi connectivity index (χ1) is 9.04. The van der Waals surface area contributed by atoms with Gasteiger partial charge in [0, 0.05) is 11.6 Å². The standard InChI is InChI=1S/C14H19FN2O2.ClH/c1-14(5-7-16-8-6-14)17-13(18)11-4-3-10(19-2)9-12(11)15;/h3-4,9,16H,5-8H2,1-2H3,(H,17,18);1H. The molecule has 0 unspecified atom stereocenters. The SMILES string of the molecule is COc1ccc(C(=O)NC2(C)CCNCC2)c(F)c1.Cl. The zero-order valence-corrected chi connectivity index (χ0v) is 12.5. The van der Waals surface area contributed by atoms with Gasteiger partial charge < -0.3 is 15.4 Å². The van der Waals surface area contributed by atoms with Gasteiger partial charge in [-0.15, -0.1) is 12.4 Å². The Labute approximate surface area is 124 Å². The number of carbonyl (C=O) groups excluding carboxylic acids is 1. The van der Waals surface area contributed by atoms with Crippen LogP contribution in [0.1, 0.15) is 30.1 Å². The molecule has 2 rings (SSSR count). The van der Waals surface area contributed by atoms with E-state index in [1.54, 1.807) is 6.07 Å². The van der Waals surface area contributed by atoms with Crippen LogP contribution < -0.4 is 15.4 Å². The predicted octanol–water partition coefficient (Wildman–Crippen LogP) is 2.13. The van der Waals surface area contributed by atoms with E-state index >= 15 is 0 Å². The van der Waals surface area contributed by atoms with Gasteiger partial charge in [0.1, 0.15) is 11.6 Å². The lowest BCUT2D eigenvalue weighted by Crippen LogP contribution is -2.52. The van der Waals surface area contributed by atoms with E-state index in [1.165, 1.54) is 19.2 Å². The van der Waals surface area contributed by atoms with Crippen LogP contribution in [0.15, 0.2) is 18.2 Å². The molecule has 20 heavy (non-hydrogen) atoms. The summed E-state index contributed by atoms with van der Waals surface area (Å²) in [6, 6.07) is 4.26. The smallest absolute Gasteiger partial charge is 0.254 e. The molecule has 2 N–H and O–H groups in total. The second-order valence-corrected chi connectivity index (χ2v) is 5.11. The molecule has 4 nitrogen and oxygen atoms in total. The molecule has 0 radical (unpaired) electrons. The number of nitrogens with one attached hydrogen (secondary N) is 2. The van der Waals surface area contributed by atoms with Crippen LogP contribution in [-0.4, -0.2) is 31.6 Å². The first kappa shape index (κ1) is 16.7. The molecule has 1 aliphatic heterocycles. The molecule has 0 aliphatic carbocycles. The van der Waals surface area contributed by atoms with Crippen LogP contribution in [0.25, 0.3) is 0 Å². The molecule has 0 bridgehead atoms. The Kier molecular flexibility index (Phi) is 5.77. The largest absolute Gasteiger partial charge is 0.497 e. The summed E-state index contributed by atoms with van der Waals surface area (Å²) in [7, 11) is 1.46. The van der Waals surface area contributed by atoms with Crippen molar-refractivity contribution in [1.82, 2.24) is 10.6 Å². The van der Waals surface area contributed by atoms with Crippen molar-refractivity contribution in [2.45, 2.75) is 25.3 Å². The topological polar surface area (TPSA) is 50.4 Å². The molecule has 1 heterocycles. The zero-order valence-electron chi connectivity index (χ0n) is 11.7. The third-order valence-electron chi connectivity index (χ3n) is 3.54. The number of ether oxygens (including phenoxy) is 1. The number of hydrogen-bond acceptors (Lipinski definition) is 3. The molecular formula is C14H20ClFN2O2. The van der Waals surface area contributed by atoms with Gasteiger partial charge in [0.2, 0.25) is 0 Å². The Morgan fingerprint density at radius 3 is 2.60 bits per heavy atom. The van der Waals surface area contributed by atoms with Gasteiger partial charge in [0.25, 0.3) is 5.91 Å². The van der Waals surface area contributed by atoms with Gasteiger partial charge in [0.15, 0.2) is 0 Å². The number of methoxy groups -OCH3 is 1. The molecule has 0 spiro atoms. The summed E-state index contributed by atoms with van der Waals surface area (Å²) in [5, 5.41) is 6.17. The van der Waals surface area contributed by atoms with Crippen molar-refractivity contribution in [2.75, 3.05) is 20.2 Å². The monoisotopic (exact) mass is 302 g/mol. The number of hydrogen-bond donors (Lipinski definition) is 2. The second kappa shape index (κ2) is 6.90. The molecule has 1 amide bonds. The Morgan fingerprint density at radius 1 is 1.40 bits per heavy atom. The van der Waals surface area contributed by atoms with Crippen LogP contribution in [0.3, 0.4) is 0 Å². The third-order valence-corrected chi connectivity index (χ3v) is 3.54. The highest BCUT2D eigenvalue weighted by atomic mass is 35.5. The van der Waals surface area contributed by atoms with E-state index in [0.29, 0.717) is 5.75 Å². The summed E-state index contributed by atoms with van der Waals surface area (Å²) in [6.45, 7) is 3.72. The minimum atomic E-state index is -0.561. The van der Waals surface area contributed by atoms with Crippen molar-refractivity contribution in [3.8, 4) is 5.75 Å². The Hall–Kier alpha value is -1.33. The van der Waals surface area contributed by atoms with Crippen molar-refractivity contribution in [1.29, 1.82) is 0 Å². The summed E-state index contributed by atoms with van der Waals surface area (Å²) >= 11 is 0. The molecule has 112 valence electrons. The summed E-state index contributed by atoms with van der Waals surface area (Å²) in [5.74, 6) is -0.527. The Balaban J connectivity index is 0.00000200. The zero-order chi connectivity index (χ0) is 13.9. The highest BCUT2D eigenvalue weighted by Crippen LogP contribution is 2.20. The summed E-state index contributed by atoms with van der Waals surface area (Å²) in [4.78, 5) is 12.1. The molecule has 1 saturated heterocycles. The average molecular weight is 303 g/mol. The van der Waals surface area contributed by atoms with E-state index in [2.05, 4.69) is 10.6 Å². The van der Waals surface area contributed by atoms with Crippen LogP contribution in [-0.2, 0) is 0 Å². The maximum Gasteiger partial charge on any atom is 0.254 e. The van der Waals surface area contributed by atoms with Crippen molar-refractivity contribution < 1.29 is 13.9 Å². The predicted molar refractivity (Wildman–Crippen MR) is 78.2 cm³/mol. The van der Waals surface area contributed by atoms with Crippen LogP contribution in [0.5, 0.6) is 5.75 Å². The Morgan fingerprint density at radius 2 is 2.05 bits per heavy atom. The molecule has 1 aromatic rings. The van der Waals surface area contributed by atoms with Crippen LogP contribution in [0.2, 0.25) is 0 Å². The quantitative estimate of drug-likeness (QED) is 0.899. The lowest BCUT2D eigenvalue weighted by atomic mass is 9.90. The van der Waals surface area contributed by atoms with Gasteiger partial charge >= 0.3 is 0 Å². The minimum absolute atomic E-state index is 0. The van der Waals surface area contributed by atoms with E-state index in [4.69, 9.17) is 4.74 Å². The molecule has 1 aromatic carbocycles. The number of rotatable bonds is 3. The fourth-order valence-electron chi connectivity index (χ4n) is 2.25. The van der Waals surface area contributed by atoms with E-state index in [1.807, 2.05) is 6.92 Å². The molecular weight excluding hydrogens is 283 g/mol. The normalized spacial score (nSPS) is 16.9. The van der Waals surface area contributed by atoms with E-state index in [9.17, 15) is 9.18 Å². The maximum atomic E-state index is 13.8. The Bertz CT molecular complexity index is 476. The summed E-state index contributed by atoms with van der Waals surface area (Å²) in [6.07, 6.45) is 1.69. The van der Waals surface area contributed by atoms with Gasteiger partial charge in [-0.1, -0.05) is 0 Å². The van der Waals surface area contributed by atoms with E-state index in [-0.39, 0.29) is 29.4 Å². The average Bonchev–Trinajstić information content (AvgIpc) is 2.38. The van der Waals surface area contributed by atoms with Crippen molar-refractivity contribution >= 4 is 18.3 Å². The lowest BCUT2D eigenvalue weighted by molar-refractivity contribution is 0.0883. The maximum absolute atomic E-state index is 13.8. The van der Waals surface area contributed by atoms with Gasteiger partial charge in [0.05, 0.1) is 12.7 Å². The van der Waals surface area contributed by atoms with E-state index < -0.39 is 5.82 Å². The number of carbonyl (C=O) groups is 1. The molecule has 6 heteroatoms. The van der Waals surface area contributed by atoms with Gasteiger partial charge in [-0.25, -0.2) is 4.39 Å². The van der Waals surface area contributed by atoms with E-state index in [0.717, 1.165) is 25.9 Å². The summed E-state index contributed by atoms with van der Waals surface area (Å²) in [5.41, 5.74) is -0.213. The van der Waals surface area contributed by atoms with Crippen LogP contribution in [0, 0.1) is 5.82 Å². The number of halogens is 2. The molecule has 0 saturated carbocycles. The van der Waals surface area contributed by atoms with Gasteiger partial charge in [-0.3, -0.25) is 4.79 Å². The third kappa shape index (κ3) is 3.84. The summed E-state index contributed by atoms with van der Waals surface area (Å²) < 4.78 is 18.7. The first-order valence-corrected chi connectivity index (χ1v) is 6.41. The van der Waals surface area contributed by atoms with Gasteiger partial charge in [-0.2, -0.15) is 0 Å². The van der Waals surface area contributed by atoms with Crippen molar-refractivity contribution in [3.05, 3.63) is 29.6 Å². The van der Waals surface area contributed by atoms with Crippen LogP contribution in [0.4, 0.5) is 4.39 Å². The number of benzene rings is 1. The molecule has 1 aliphatic rings. The first-order valence-electron chi connectivity index (χ1n) is 6.41.